The van der Waals surface area contributed by atoms with Crippen molar-refractivity contribution in [2.75, 3.05) is 18.6 Å². The Bertz CT molecular complexity index is 1070. The van der Waals surface area contributed by atoms with Crippen LogP contribution in [0.25, 0.3) is 6.08 Å². The first-order valence-electron chi connectivity index (χ1n) is 9.54. The number of nitrogens with zero attached hydrogens (tertiary/aromatic N) is 1. The van der Waals surface area contributed by atoms with Crippen LogP contribution in [0.4, 0.5) is 10.5 Å². The first-order valence-corrected chi connectivity index (χ1v) is 9.54. The summed E-state index contributed by atoms with van der Waals surface area (Å²) < 4.78 is 10.6. The Hall–Kier alpha value is -4.07. The number of barbiturate groups is 1. The molecule has 2 N–H and O–H groups in total. The fraction of sp³-hybridized carbons (Fsp3) is 0.174. The standard InChI is InChI=1S/C23H22N2O6/c1-4-6-15-11-14(13-19(20(15)26)31-5-2)12-18-21(27)24-23(29)25(22(18)28)16-7-9-17(30-3)10-8-16/h4,7-13,26H,1,5-6H2,2-3H3,(H,24,27,29). The number of anilines is 1. The molecule has 0 bridgehead atoms. The molecular formula is C23H22N2O6. The topological polar surface area (TPSA) is 105 Å². The molecule has 1 saturated heterocycles. The molecule has 3 rings (SSSR count). The lowest BCUT2D eigenvalue weighted by atomic mass is 10.0. The lowest BCUT2D eigenvalue weighted by Crippen LogP contribution is -2.54. The smallest absolute Gasteiger partial charge is 0.335 e. The minimum Gasteiger partial charge on any atom is -0.504 e. The number of imide groups is 2. The Kier molecular flexibility index (Phi) is 6.40. The molecule has 1 aliphatic rings. The number of carbonyl (C=O) groups excluding carboxylic acids is 3. The molecule has 31 heavy (non-hydrogen) atoms. The number of methoxy groups -OCH3 is 1. The zero-order valence-corrected chi connectivity index (χ0v) is 17.2. The minimum absolute atomic E-state index is 0.0293. The number of urea groups is 1. The molecule has 1 heterocycles. The summed E-state index contributed by atoms with van der Waals surface area (Å²) in [5, 5.41) is 12.5. The number of amides is 4. The van der Waals surface area contributed by atoms with Gasteiger partial charge in [0.05, 0.1) is 19.4 Å². The van der Waals surface area contributed by atoms with Crippen LogP contribution in [0.3, 0.4) is 0 Å². The van der Waals surface area contributed by atoms with E-state index in [1.165, 1.54) is 19.3 Å². The van der Waals surface area contributed by atoms with Crippen LogP contribution in [-0.2, 0) is 16.0 Å². The lowest BCUT2D eigenvalue weighted by molar-refractivity contribution is -0.122. The SMILES string of the molecule is C=CCc1cc(C=C2C(=O)NC(=O)N(c3ccc(OC)cc3)C2=O)cc(OCC)c1O. The van der Waals surface area contributed by atoms with Crippen LogP contribution >= 0.6 is 0 Å². The van der Waals surface area contributed by atoms with Crippen molar-refractivity contribution in [3.05, 3.63) is 65.8 Å². The first-order chi connectivity index (χ1) is 14.9. The minimum atomic E-state index is -0.842. The summed E-state index contributed by atoms with van der Waals surface area (Å²) in [5.41, 5.74) is 1.04. The third-order valence-electron chi connectivity index (χ3n) is 4.58. The highest BCUT2D eigenvalue weighted by Crippen LogP contribution is 2.33. The monoisotopic (exact) mass is 422 g/mol. The number of nitrogens with one attached hydrogen (secondary N) is 1. The van der Waals surface area contributed by atoms with Crippen molar-refractivity contribution in [3.8, 4) is 17.2 Å². The number of ether oxygens (including phenoxy) is 2. The highest BCUT2D eigenvalue weighted by Gasteiger charge is 2.36. The number of rotatable bonds is 7. The molecule has 2 aromatic rings. The van der Waals surface area contributed by atoms with E-state index < -0.39 is 17.8 Å². The molecule has 0 spiro atoms. The van der Waals surface area contributed by atoms with Crippen molar-refractivity contribution in [3.63, 3.8) is 0 Å². The number of phenols is 1. The summed E-state index contributed by atoms with van der Waals surface area (Å²) in [6, 6.07) is 8.59. The Morgan fingerprint density at radius 2 is 1.87 bits per heavy atom. The van der Waals surface area contributed by atoms with Gasteiger partial charge in [-0.1, -0.05) is 6.08 Å². The molecule has 8 heteroatoms. The van der Waals surface area contributed by atoms with E-state index in [0.29, 0.717) is 29.9 Å². The Morgan fingerprint density at radius 3 is 2.48 bits per heavy atom. The number of benzene rings is 2. The van der Waals surface area contributed by atoms with Gasteiger partial charge in [0.2, 0.25) is 0 Å². The summed E-state index contributed by atoms with van der Waals surface area (Å²) in [5.74, 6) is -0.826. The van der Waals surface area contributed by atoms with Crippen LogP contribution in [0.15, 0.2) is 54.6 Å². The second-order valence-electron chi connectivity index (χ2n) is 6.61. The van der Waals surface area contributed by atoms with E-state index in [0.717, 1.165) is 4.90 Å². The number of aromatic hydroxyl groups is 1. The number of allylic oxidation sites excluding steroid dienone is 1. The molecule has 0 unspecified atom stereocenters. The van der Waals surface area contributed by atoms with Crippen LogP contribution in [0.2, 0.25) is 0 Å². The van der Waals surface area contributed by atoms with Crippen LogP contribution in [0.5, 0.6) is 17.2 Å². The maximum atomic E-state index is 13.0. The predicted octanol–water partition coefficient (Wildman–Crippen LogP) is 3.19. The third-order valence-corrected chi connectivity index (χ3v) is 4.58. The van der Waals surface area contributed by atoms with Gasteiger partial charge in [0.15, 0.2) is 11.5 Å². The number of hydrogen-bond donors (Lipinski definition) is 2. The highest BCUT2D eigenvalue weighted by molar-refractivity contribution is 6.39. The average Bonchev–Trinajstić information content (AvgIpc) is 2.75. The molecule has 0 saturated carbocycles. The molecule has 0 aromatic heterocycles. The zero-order chi connectivity index (χ0) is 22.5. The molecule has 2 aromatic carbocycles. The Balaban J connectivity index is 2.04. The summed E-state index contributed by atoms with van der Waals surface area (Å²) in [6.07, 6.45) is 3.33. The number of phenolic OH excluding ortho intramolecular Hbond substituents is 1. The highest BCUT2D eigenvalue weighted by atomic mass is 16.5. The summed E-state index contributed by atoms with van der Waals surface area (Å²) >= 11 is 0. The molecule has 1 aliphatic heterocycles. The van der Waals surface area contributed by atoms with E-state index in [1.54, 1.807) is 43.3 Å². The van der Waals surface area contributed by atoms with Gasteiger partial charge < -0.3 is 14.6 Å². The van der Waals surface area contributed by atoms with Gasteiger partial charge >= 0.3 is 6.03 Å². The van der Waals surface area contributed by atoms with Crippen molar-refractivity contribution in [2.24, 2.45) is 0 Å². The molecule has 8 nitrogen and oxygen atoms in total. The molecule has 0 aliphatic carbocycles. The molecular weight excluding hydrogens is 400 g/mol. The fourth-order valence-corrected chi connectivity index (χ4v) is 3.14. The van der Waals surface area contributed by atoms with Gasteiger partial charge in [0.1, 0.15) is 11.3 Å². The van der Waals surface area contributed by atoms with Gasteiger partial charge in [-0.25, -0.2) is 9.69 Å². The largest absolute Gasteiger partial charge is 0.504 e. The van der Waals surface area contributed by atoms with Crippen molar-refractivity contribution in [2.45, 2.75) is 13.3 Å². The van der Waals surface area contributed by atoms with Crippen LogP contribution in [-0.4, -0.2) is 36.7 Å². The maximum absolute atomic E-state index is 13.0. The maximum Gasteiger partial charge on any atom is 0.335 e. The summed E-state index contributed by atoms with van der Waals surface area (Å²) in [7, 11) is 1.50. The zero-order valence-electron chi connectivity index (χ0n) is 17.2. The van der Waals surface area contributed by atoms with E-state index >= 15 is 0 Å². The van der Waals surface area contributed by atoms with Crippen LogP contribution in [0, 0.1) is 0 Å². The molecule has 160 valence electrons. The Morgan fingerprint density at radius 1 is 1.16 bits per heavy atom. The van der Waals surface area contributed by atoms with Gasteiger partial charge in [0, 0.05) is 5.56 Å². The van der Waals surface area contributed by atoms with Crippen molar-refractivity contribution >= 4 is 29.6 Å². The van der Waals surface area contributed by atoms with E-state index in [-0.39, 0.29) is 22.8 Å². The fourth-order valence-electron chi connectivity index (χ4n) is 3.14. The first kappa shape index (κ1) is 21.6. The van der Waals surface area contributed by atoms with Crippen molar-refractivity contribution in [1.29, 1.82) is 0 Å². The predicted molar refractivity (Wildman–Crippen MR) is 115 cm³/mol. The van der Waals surface area contributed by atoms with Crippen molar-refractivity contribution < 1.29 is 29.0 Å². The average molecular weight is 422 g/mol. The second-order valence-corrected chi connectivity index (χ2v) is 6.61. The van der Waals surface area contributed by atoms with E-state index in [4.69, 9.17) is 9.47 Å². The molecule has 4 amide bonds. The summed E-state index contributed by atoms with van der Waals surface area (Å²) in [4.78, 5) is 38.7. The lowest BCUT2D eigenvalue weighted by Gasteiger charge is -2.26. The number of hydrogen-bond acceptors (Lipinski definition) is 6. The molecule has 0 atom stereocenters. The van der Waals surface area contributed by atoms with Gasteiger partial charge in [-0.05, 0) is 61.4 Å². The normalized spacial score (nSPS) is 15.1. The molecule has 1 fully saturated rings. The Labute approximate surface area is 179 Å². The summed E-state index contributed by atoms with van der Waals surface area (Å²) in [6.45, 7) is 5.76. The van der Waals surface area contributed by atoms with E-state index in [1.807, 2.05) is 0 Å². The van der Waals surface area contributed by atoms with Gasteiger partial charge in [-0.3, -0.25) is 14.9 Å². The van der Waals surface area contributed by atoms with E-state index in [9.17, 15) is 19.5 Å². The molecule has 0 radical (unpaired) electrons. The van der Waals surface area contributed by atoms with E-state index in [2.05, 4.69) is 11.9 Å². The van der Waals surface area contributed by atoms with Crippen molar-refractivity contribution in [1.82, 2.24) is 5.32 Å². The second kappa shape index (κ2) is 9.17. The van der Waals surface area contributed by atoms with Crippen LogP contribution < -0.4 is 19.7 Å². The third kappa shape index (κ3) is 4.42. The van der Waals surface area contributed by atoms with Crippen LogP contribution in [0.1, 0.15) is 18.1 Å². The van der Waals surface area contributed by atoms with Gasteiger partial charge in [-0.15, -0.1) is 6.58 Å². The van der Waals surface area contributed by atoms with Gasteiger partial charge in [-0.2, -0.15) is 0 Å². The van der Waals surface area contributed by atoms with Gasteiger partial charge in [0.25, 0.3) is 11.8 Å². The quantitative estimate of drug-likeness (QED) is 0.403. The number of carbonyl (C=O) groups is 3.